The van der Waals surface area contributed by atoms with Gasteiger partial charge in [0.25, 0.3) is 0 Å². The molecule has 152 valence electrons. The zero-order chi connectivity index (χ0) is 18.3. The molecule has 0 saturated carbocycles. The predicted octanol–water partition coefficient (Wildman–Crippen LogP) is 5.58. The summed E-state index contributed by atoms with van der Waals surface area (Å²) in [6, 6.07) is 0. The maximum atomic E-state index is 8.72. The second kappa shape index (κ2) is 23.9. The molecule has 0 aromatic rings. The summed E-state index contributed by atoms with van der Waals surface area (Å²) < 4.78 is 0. The van der Waals surface area contributed by atoms with Gasteiger partial charge in [-0.25, -0.2) is 0 Å². The number of aliphatic hydroxyl groups is 2. The SMILES string of the molecule is OCCCCCCCCCCCCCCCCCCNCCCCO. The second-order valence-electron chi connectivity index (χ2n) is 7.56. The summed E-state index contributed by atoms with van der Waals surface area (Å²) in [6.07, 6.45) is 23.7. The van der Waals surface area contributed by atoms with Crippen LogP contribution in [0.5, 0.6) is 0 Å². The molecule has 0 amide bonds. The summed E-state index contributed by atoms with van der Waals surface area (Å²) in [7, 11) is 0. The zero-order valence-corrected chi connectivity index (χ0v) is 17.0. The van der Waals surface area contributed by atoms with Gasteiger partial charge in [-0.2, -0.15) is 0 Å². The molecular formula is C22H47NO2. The summed E-state index contributed by atoms with van der Waals surface area (Å²) in [4.78, 5) is 0. The third-order valence-electron chi connectivity index (χ3n) is 5.02. The highest BCUT2D eigenvalue weighted by Crippen LogP contribution is 2.13. The fourth-order valence-corrected chi connectivity index (χ4v) is 3.32. The zero-order valence-electron chi connectivity index (χ0n) is 17.0. The van der Waals surface area contributed by atoms with E-state index in [9.17, 15) is 0 Å². The Hall–Kier alpha value is -0.120. The quantitative estimate of drug-likeness (QED) is 0.222. The summed E-state index contributed by atoms with van der Waals surface area (Å²) in [6.45, 7) is 2.90. The van der Waals surface area contributed by atoms with Crippen molar-refractivity contribution in [2.24, 2.45) is 0 Å². The Balaban J connectivity index is 2.94. The molecule has 0 bridgehead atoms. The Morgan fingerprint density at radius 2 is 0.560 bits per heavy atom. The summed E-state index contributed by atoms with van der Waals surface area (Å²) in [5.41, 5.74) is 0. The van der Waals surface area contributed by atoms with Gasteiger partial charge in [-0.1, -0.05) is 89.9 Å². The molecule has 0 atom stereocenters. The van der Waals surface area contributed by atoms with E-state index in [1.807, 2.05) is 0 Å². The van der Waals surface area contributed by atoms with Crippen LogP contribution < -0.4 is 5.32 Å². The maximum absolute atomic E-state index is 8.72. The fourth-order valence-electron chi connectivity index (χ4n) is 3.32. The first kappa shape index (κ1) is 24.9. The van der Waals surface area contributed by atoms with Gasteiger partial charge in [-0.15, -0.1) is 0 Å². The average molecular weight is 358 g/mol. The van der Waals surface area contributed by atoms with Crippen LogP contribution in [0.4, 0.5) is 0 Å². The number of hydrogen-bond acceptors (Lipinski definition) is 3. The van der Waals surface area contributed by atoms with Crippen molar-refractivity contribution in [3.8, 4) is 0 Å². The van der Waals surface area contributed by atoms with Crippen LogP contribution in [0.25, 0.3) is 0 Å². The topological polar surface area (TPSA) is 52.5 Å². The minimum Gasteiger partial charge on any atom is -0.396 e. The number of nitrogens with one attached hydrogen (secondary N) is 1. The Labute approximate surface area is 158 Å². The normalized spacial score (nSPS) is 11.3. The fraction of sp³-hybridized carbons (Fsp3) is 1.00. The van der Waals surface area contributed by atoms with E-state index in [4.69, 9.17) is 10.2 Å². The molecule has 0 radical (unpaired) electrons. The lowest BCUT2D eigenvalue weighted by atomic mass is 10.0. The highest BCUT2D eigenvalue weighted by atomic mass is 16.3. The highest BCUT2D eigenvalue weighted by molar-refractivity contribution is 4.52. The van der Waals surface area contributed by atoms with Gasteiger partial charge in [0, 0.05) is 13.2 Å². The maximum Gasteiger partial charge on any atom is 0.0431 e. The average Bonchev–Trinajstić information content (AvgIpc) is 2.63. The largest absolute Gasteiger partial charge is 0.396 e. The van der Waals surface area contributed by atoms with Gasteiger partial charge in [0.05, 0.1) is 0 Å². The van der Waals surface area contributed by atoms with Gasteiger partial charge in [-0.05, 0) is 38.8 Å². The van der Waals surface area contributed by atoms with Crippen molar-refractivity contribution in [3.05, 3.63) is 0 Å². The second-order valence-corrected chi connectivity index (χ2v) is 7.56. The Bertz CT molecular complexity index is 202. The lowest BCUT2D eigenvalue weighted by molar-refractivity contribution is 0.282. The van der Waals surface area contributed by atoms with Crippen molar-refractivity contribution in [3.63, 3.8) is 0 Å². The molecule has 0 aromatic carbocycles. The van der Waals surface area contributed by atoms with Crippen molar-refractivity contribution in [1.29, 1.82) is 0 Å². The van der Waals surface area contributed by atoms with Crippen LogP contribution in [0, 0.1) is 0 Å². The van der Waals surface area contributed by atoms with Crippen LogP contribution >= 0.6 is 0 Å². The Kier molecular flexibility index (Phi) is 23.8. The van der Waals surface area contributed by atoms with E-state index in [0.717, 1.165) is 32.4 Å². The minimum absolute atomic E-state index is 0.327. The van der Waals surface area contributed by atoms with Gasteiger partial charge in [0.1, 0.15) is 0 Å². The first-order chi connectivity index (χ1) is 12.4. The van der Waals surface area contributed by atoms with Crippen molar-refractivity contribution < 1.29 is 10.2 Å². The molecule has 3 nitrogen and oxygen atoms in total. The molecule has 3 heteroatoms. The van der Waals surface area contributed by atoms with Crippen molar-refractivity contribution >= 4 is 0 Å². The van der Waals surface area contributed by atoms with Gasteiger partial charge < -0.3 is 15.5 Å². The van der Waals surface area contributed by atoms with Crippen LogP contribution in [-0.2, 0) is 0 Å². The molecular weight excluding hydrogens is 310 g/mol. The molecule has 0 aliphatic heterocycles. The molecule has 0 unspecified atom stereocenters. The number of rotatable bonds is 22. The molecule has 0 aliphatic rings. The lowest BCUT2D eigenvalue weighted by Gasteiger charge is -2.05. The van der Waals surface area contributed by atoms with Gasteiger partial charge in [0.15, 0.2) is 0 Å². The van der Waals surface area contributed by atoms with Crippen molar-refractivity contribution in [2.75, 3.05) is 26.3 Å². The molecule has 25 heavy (non-hydrogen) atoms. The smallest absolute Gasteiger partial charge is 0.0431 e. The monoisotopic (exact) mass is 357 g/mol. The van der Waals surface area contributed by atoms with E-state index < -0.39 is 0 Å². The molecule has 0 aromatic heterocycles. The molecule has 0 spiro atoms. The van der Waals surface area contributed by atoms with Crippen LogP contribution in [0.1, 0.15) is 116 Å². The van der Waals surface area contributed by atoms with E-state index in [-0.39, 0.29) is 0 Å². The first-order valence-corrected chi connectivity index (χ1v) is 11.3. The number of unbranched alkanes of at least 4 members (excludes halogenated alkanes) is 16. The van der Waals surface area contributed by atoms with Crippen LogP contribution in [0.3, 0.4) is 0 Å². The van der Waals surface area contributed by atoms with E-state index in [1.54, 1.807) is 0 Å². The van der Waals surface area contributed by atoms with Gasteiger partial charge in [-0.3, -0.25) is 0 Å². The lowest BCUT2D eigenvalue weighted by Crippen LogP contribution is -2.16. The van der Waals surface area contributed by atoms with Crippen molar-refractivity contribution in [1.82, 2.24) is 5.32 Å². The molecule has 0 aliphatic carbocycles. The minimum atomic E-state index is 0.327. The van der Waals surface area contributed by atoms with E-state index >= 15 is 0 Å². The molecule has 0 fully saturated rings. The summed E-state index contributed by atoms with van der Waals surface area (Å²) >= 11 is 0. The van der Waals surface area contributed by atoms with Crippen LogP contribution in [-0.4, -0.2) is 36.5 Å². The van der Waals surface area contributed by atoms with Crippen LogP contribution in [0.2, 0.25) is 0 Å². The van der Waals surface area contributed by atoms with E-state index in [2.05, 4.69) is 5.32 Å². The summed E-state index contributed by atoms with van der Waals surface area (Å²) in [5, 5.41) is 20.9. The van der Waals surface area contributed by atoms with E-state index in [0.29, 0.717) is 13.2 Å². The third-order valence-corrected chi connectivity index (χ3v) is 5.02. The Morgan fingerprint density at radius 1 is 0.320 bits per heavy atom. The molecule has 3 N–H and O–H groups in total. The number of aliphatic hydroxyl groups excluding tert-OH is 2. The molecule has 0 rings (SSSR count). The van der Waals surface area contributed by atoms with Gasteiger partial charge in [0.2, 0.25) is 0 Å². The first-order valence-electron chi connectivity index (χ1n) is 11.3. The van der Waals surface area contributed by atoms with Crippen molar-refractivity contribution in [2.45, 2.75) is 116 Å². The molecule has 0 heterocycles. The predicted molar refractivity (Wildman–Crippen MR) is 110 cm³/mol. The standard InChI is InChI=1S/C22H47NO2/c24-21-17-14-12-10-8-6-4-2-1-3-5-7-9-11-13-15-19-23-20-16-18-22-25/h23-25H,1-22H2. The van der Waals surface area contributed by atoms with Crippen LogP contribution in [0.15, 0.2) is 0 Å². The highest BCUT2D eigenvalue weighted by Gasteiger charge is 1.95. The number of hydrogen-bond donors (Lipinski definition) is 3. The third kappa shape index (κ3) is 23.9. The molecule has 0 saturated heterocycles. The van der Waals surface area contributed by atoms with Gasteiger partial charge >= 0.3 is 0 Å². The van der Waals surface area contributed by atoms with E-state index in [1.165, 1.54) is 96.3 Å². The Morgan fingerprint density at radius 3 is 0.920 bits per heavy atom. The summed E-state index contributed by atoms with van der Waals surface area (Å²) in [5.74, 6) is 0.